The first-order valence-electron chi connectivity index (χ1n) is 7.62. The molecule has 1 N–H and O–H groups in total. The maximum absolute atomic E-state index is 11.8. The van der Waals surface area contributed by atoms with Gasteiger partial charge in [0.05, 0.1) is 6.26 Å². The summed E-state index contributed by atoms with van der Waals surface area (Å²) in [5.74, 6) is 2.18. The van der Waals surface area contributed by atoms with Crippen molar-refractivity contribution in [3.63, 3.8) is 0 Å². The lowest BCUT2D eigenvalue weighted by molar-refractivity contribution is -0.121. The predicted octanol–water partition coefficient (Wildman–Crippen LogP) is 3.17. The normalized spacial score (nSPS) is 10.7. The van der Waals surface area contributed by atoms with E-state index < -0.39 is 0 Å². The molecule has 0 fully saturated rings. The highest BCUT2D eigenvalue weighted by molar-refractivity contribution is 7.99. The number of benzene rings is 1. The Labute approximate surface area is 143 Å². The van der Waals surface area contributed by atoms with E-state index in [2.05, 4.69) is 27.6 Å². The third kappa shape index (κ3) is 4.73. The number of thioether (sulfide) groups is 1. The Kier molecular flexibility index (Phi) is 5.68. The van der Waals surface area contributed by atoms with Gasteiger partial charge in [0.25, 0.3) is 0 Å². The molecular weight excluding hydrogens is 326 g/mol. The largest absolute Gasteiger partial charge is 0.461 e. The number of carbonyl (C=O) groups excluding carboxylic acids is 1. The molecule has 1 amide bonds. The van der Waals surface area contributed by atoms with Crippen LogP contribution in [-0.4, -0.2) is 28.3 Å². The van der Waals surface area contributed by atoms with E-state index >= 15 is 0 Å². The Morgan fingerprint density at radius 2 is 2.04 bits per heavy atom. The van der Waals surface area contributed by atoms with Gasteiger partial charge < -0.3 is 14.3 Å². The van der Waals surface area contributed by atoms with E-state index in [0.29, 0.717) is 36.9 Å². The molecule has 124 valence electrons. The van der Waals surface area contributed by atoms with Crippen molar-refractivity contribution in [2.24, 2.45) is 0 Å². The van der Waals surface area contributed by atoms with E-state index in [4.69, 9.17) is 8.94 Å². The van der Waals surface area contributed by atoms with Crippen LogP contribution in [0.2, 0.25) is 0 Å². The molecule has 0 aliphatic heterocycles. The molecular formula is C17H17N3O3S. The summed E-state index contributed by atoms with van der Waals surface area (Å²) in [7, 11) is 0. The number of hydrogen-bond acceptors (Lipinski definition) is 6. The van der Waals surface area contributed by atoms with Gasteiger partial charge in [0, 0.05) is 30.0 Å². The second kappa shape index (κ2) is 8.35. The minimum atomic E-state index is -0.0265. The van der Waals surface area contributed by atoms with Gasteiger partial charge in [-0.2, -0.15) is 4.98 Å². The molecule has 0 spiro atoms. The van der Waals surface area contributed by atoms with Gasteiger partial charge in [0.1, 0.15) is 0 Å². The van der Waals surface area contributed by atoms with Crippen molar-refractivity contribution in [3.8, 4) is 11.6 Å². The van der Waals surface area contributed by atoms with E-state index in [1.54, 1.807) is 30.2 Å². The fraction of sp³-hybridized carbons (Fsp3) is 0.235. The number of furan rings is 1. The first-order valence-corrected chi connectivity index (χ1v) is 8.61. The smallest absolute Gasteiger partial charge is 0.238 e. The number of amides is 1. The van der Waals surface area contributed by atoms with Crippen LogP contribution < -0.4 is 5.32 Å². The Bertz CT molecular complexity index is 757. The van der Waals surface area contributed by atoms with E-state index in [1.807, 2.05) is 18.2 Å². The van der Waals surface area contributed by atoms with Crippen LogP contribution in [0, 0.1) is 0 Å². The van der Waals surface area contributed by atoms with Gasteiger partial charge in [0.15, 0.2) is 5.76 Å². The Morgan fingerprint density at radius 1 is 1.17 bits per heavy atom. The molecule has 0 unspecified atom stereocenters. The highest BCUT2D eigenvalue weighted by Crippen LogP contribution is 2.17. The molecule has 7 heteroatoms. The lowest BCUT2D eigenvalue weighted by Gasteiger charge is -2.04. The quantitative estimate of drug-likeness (QED) is 0.500. The monoisotopic (exact) mass is 343 g/mol. The third-order valence-corrected chi connectivity index (χ3v) is 4.23. The molecule has 0 atom stereocenters. The summed E-state index contributed by atoms with van der Waals surface area (Å²) < 4.78 is 10.3. The number of rotatable bonds is 8. The summed E-state index contributed by atoms with van der Waals surface area (Å²) in [4.78, 5) is 17.2. The molecule has 3 rings (SSSR count). The number of hydrogen-bond donors (Lipinski definition) is 1. The standard InChI is InChI=1S/C17H17N3O3S/c21-15(18-10-12-24-13-5-2-1-3-6-13)8-9-16-19-17(20-23-16)14-7-4-11-22-14/h1-7,11H,8-10,12H2,(H,18,21). The topological polar surface area (TPSA) is 81.2 Å². The zero-order valence-electron chi connectivity index (χ0n) is 13.0. The summed E-state index contributed by atoms with van der Waals surface area (Å²) in [6.07, 6.45) is 2.27. The first kappa shape index (κ1) is 16.3. The van der Waals surface area contributed by atoms with Crippen LogP contribution in [0.3, 0.4) is 0 Å². The molecule has 6 nitrogen and oxygen atoms in total. The van der Waals surface area contributed by atoms with Gasteiger partial charge >= 0.3 is 0 Å². The summed E-state index contributed by atoms with van der Waals surface area (Å²) in [6.45, 7) is 0.625. The van der Waals surface area contributed by atoms with Crippen LogP contribution in [0.1, 0.15) is 12.3 Å². The highest BCUT2D eigenvalue weighted by Gasteiger charge is 2.12. The molecule has 0 radical (unpaired) electrons. The lowest BCUT2D eigenvalue weighted by Crippen LogP contribution is -2.25. The number of aromatic nitrogens is 2. The van der Waals surface area contributed by atoms with Crippen molar-refractivity contribution in [2.75, 3.05) is 12.3 Å². The van der Waals surface area contributed by atoms with E-state index in [-0.39, 0.29) is 5.91 Å². The van der Waals surface area contributed by atoms with Crippen LogP contribution in [0.4, 0.5) is 0 Å². The maximum Gasteiger partial charge on any atom is 0.238 e. The molecule has 1 aromatic carbocycles. The van der Waals surface area contributed by atoms with Crippen LogP contribution >= 0.6 is 11.8 Å². The van der Waals surface area contributed by atoms with Crippen molar-refractivity contribution in [2.45, 2.75) is 17.7 Å². The average molecular weight is 343 g/mol. The van der Waals surface area contributed by atoms with Crippen LogP contribution in [0.15, 0.2) is 62.6 Å². The van der Waals surface area contributed by atoms with E-state index in [0.717, 1.165) is 5.75 Å². The highest BCUT2D eigenvalue weighted by atomic mass is 32.2. The number of aryl methyl sites for hydroxylation is 1. The van der Waals surface area contributed by atoms with Crippen molar-refractivity contribution < 1.29 is 13.7 Å². The zero-order chi connectivity index (χ0) is 16.6. The van der Waals surface area contributed by atoms with Crippen molar-refractivity contribution in [1.29, 1.82) is 0 Å². The van der Waals surface area contributed by atoms with Crippen LogP contribution in [-0.2, 0) is 11.2 Å². The van der Waals surface area contributed by atoms with Crippen molar-refractivity contribution in [1.82, 2.24) is 15.5 Å². The fourth-order valence-corrected chi connectivity index (χ4v) is 2.84. The minimum Gasteiger partial charge on any atom is -0.461 e. The van der Waals surface area contributed by atoms with Gasteiger partial charge in [-0.15, -0.1) is 11.8 Å². The number of carbonyl (C=O) groups is 1. The lowest BCUT2D eigenvalue weighted by atomic mass is 10.3. The van der Waals surface area contributed by atoms with Gasteiger partial charge in [0.2, 0.25) is 17.6 Å². The van der Waals surface area contributed by atoms with Crippen molar-refractivity contribution in [3.05, 3.63) is 54.6 Å². The second-order valence-electron chi connectivity index (χ2n) is 5.00. The molecule has 0 aliphatic rings. The summed E-state index contributed by atoms with van der Waals surface area (Å²) >= 11 is 1.71. The molecule has 0 bridgehead atoms. The fourth-order valence-electron chi connectivity index (χ4n) is 2.05. The van der Waals surface area contributed by atoms with Crippen molar-refractivity contribution >= 4 is 17.7 Å². The van der Waals surface area contributed by atoms with Gasteiger partial charge in [-0.05, 0) is 24.3 Å². The van der Waals surface area contributed by atoms with Gasteiger partial charge in [-0.3, -0.25) is 4.79 Å². The second-order valence-corrected chi connectivity index (χ2v) is 6.17. The Hall–Kier alpha value is -2.54. The molecule has 0 aliphatic carbocycles. The Morgan fingerprint density at radius 3 is 2.83 bits per heavy atom. The van der Waals surface area contributed by atoms with E-state index in [9.17, 15) is 4.79 Å². The number of nitrogens with zero attached hydrogens (tertiary/aromatic N) is 2. The SMILES string of the molecule is O=C(CCc1nc(-c2ccco2)no1)NCCSc1ccccc1. The molecule has 3 aromatic rings. The predicted molar refractivity (Wildman–Crippen MR) is 90.5 cm³/mol. The molecule has 0 saturated heterocycles. The van der Waals surface area contributed by atoms with Gasteiger partial charge in [-0.1, -0.05) is 23.4 Å². The van der Waals surface area contributed by atoms with Gasteiger partial charge in [-0.25, -0.2) is 0 Å². The summed E-state index contributed by atoms with van der Waals surface area (Å²) in [5, 5.41) is 6.72. The van der Waals surface area contributed by atoms with Crippen LogP contribution in [0.5, 0.6) is 0 Å². The first-order chi connectivity index (χ1) is 11.8. The summed E-state index contributed by atoms with van der Waals surface area (Å²) in [6, 6.07) is 13.6. The summed E-state index contributed by atoms with van der Waals surface area (Å²) in [5.41, 5.74) is 0. The maximum atomic E-state index is 11.8. The molecule has 2 heterocycles. The molecule has 24 heavy (non-hydrogen) atoms. The average Bonchev–Trinajstić information content (AvgIpc) is 3.29. The zero-order valence-corrected chi connectivity index (χ0v) is 13.8. The number of nitrogens with one attached hydrogen (secondary N) is 1. The minimum absolute atomic E-state index is 0.0265. The molecule has 0 saturated carbocycles. The van der Waals surface area contributed by atoms with Crippen LogP contribution in [0.25, 0.3) is 11.6 Å². The molecule has 2 aromatic heterocycles. The Balaban J connectivity index is 1.35. The third-order valence-electron chi connectivity index (χ3n) is 3.21. The van der Waals surface area contributed by atoms with E-state index in [1.165, 1.54) is 4.90 Å².